The van der Waals surface area contributed by atoms with E-state index < -0.39 is 0 Å². The third kappa shape index (κ3) is 4.40. The highest BCUT2D eigenvalue weighted by Gasteiger charge is 2.45. The van der Waals surface area contributed by atoms with E-state index in [9.17, 15) is 0 Å². The van der Waals surface area contributed by atoms with Crippen LogP contribution < -0.4 is 0 Å². The smallest absolute Gasteiger partial charge is 0.00189 e. The average Bonchev–Trinajstić information content (AvgIpc) is 2.68. The molecule has 0 spiro atoms. The van der Waals surface area contributed by atoms with E-state index in [2.05, 4.69) is 102 Å². The second kappa shape index (κ2) is 8.89. The molecule has 2 rings (SSSR count). The predicted molar refractivity (Wildman–Crippen MR) is 116 cm³/mol. The van der Waals surface area contributed by atoms with Gasteiger partial charge in [-0.15, -0.1) is 0 Å². The first-order valence-corrected chi connectivity index (χ1v) is 10.5. The quantitative estimate of drug-likeness (QED) is 0.430. The minimum Gasteiger partial charge on any atom is -0.0651 e. The van der Waals surface area contributed by atoms with Crippen LogP contribution in [-0.4, -0.2) is 0 Å². The van der Waals surface area contributed by atoms with E-state index in [1.807, 2.05) is 0 Å². The summed E-state index contributed by atoms with van der Waals surface area (Å²) in [5.74, 6) is 1.30. The van der Waals surface area contributed by atoms with Gasteiger partial charge in [0.1, 0.15) is 0 Å². The number of rotatable bonds is 9. The molecule has 142 valence electrons. The van der Waals surface area contributed by atoms with Crippen LogP contribution in [0.15, 0.2) is 60.7 Å². The van der Waals surface area contributed by atoms with Crippen LogP contribution in [0, 0.1) is 11.3 Å². The molecular weight excluding hydrogens is 312 g/mol. The molecule has 0 radical (unpaired) electrons. The van der Waals surface area contributed by atoms with E-state index in [0.717, 1.165) is 5.92 Å². The molecule has 0 aliphatic rings. The van der Waals surface area contributed by atoms with Gasteiger partial charge in [0, 0.05) is 0 Å². The molecule has 0 saturated heterocycles. The maximum Gasteiger partial charge on any atom is -0.00189 e. The lowest BCUT2D eigenvalue weighted by Crippen LogP contribution is -2.43. The van der Waals surface area contributed by atoms with Gasteiger partial charge in [-0.1, -0.05) is 109 Å². The van der Waals surface area contributed by atoms with Gasteiger partial charge in [-0.25, -0.2) is 0 Å². The van der Waals surface area contributed by atoms with Gasteiger partial charge < -0.3 is 0 Å². The number of hydrogen-bond acceptors (Lipinski definition) is 0. The summed E-state index contributed by atoms with van der Waals surface area (Å²) in [5.41, 5.74) is 3.41. The Morgan fingerprint density at radius 1 is 0.769 bits per heavy atom. The molecule has 4 atom stereocenters. The Morgan fingerprint density at radius 2 is 1.31 bits per heavy atom. The van der Waals surface area contributed by atoms with E-state index in [4.69, 9.17) is 0 Å². The van der Waals surface area contributed by atoms with Crippen molar-refractivity contribution in [3.63, 3.8) is 0 Å². The van der Waals surface area contributed by atoms with Crippen LogP contribution in [-0.2, 0) is 5.41 Å². The average molecular weight is 351 g/mol. The molecule has 0 bridgehead atoms. The van der Waals surface area contributed by atoms with Gasteiger partial charge in [-0.05, 0) is 53.1 Å². The van der Waals surface area contributed by atoms with Crippen molar-refractivity contribution in [2.45, 2.75) is 78.6 Å². The second-order valence-electron chi connectivity index (χ2n) is 8.85. The van der Waals surface area contributed by atoms with E-state index in [1.165, 1.54) is 36.8 Å². The molecule has 2 aromatic rings. The Labute approximate surface area is 162 Å². The van der Waals surface area contributed by atoms with Gasteiger partial charge in [0.15, 0.2) is 0 Å². The molecule has 0 saturated carbocycles. The molecule has 2 aromatic carbocycles. The topological polar surface area (TPSA) is 0 Å². The zero-order valence-electron chi connectivity index (χ0n) is 17.8. The van der Waals surface area contributed by atoms with Crippen molar-refractivity contribution in [2.24, 2.45) is 11.3 Å². The molecular formula is C26H38. The van der Waals surface area contributed by atoms with Crippen molar-refractivity contribution >= 4 is 0 Å². The standard InChI is InChI=1S/C26H38/c1-7-21(3)19-26(6,24-17-13-10-14-18-24)25(5,8-2)20-22(4)23-15-11-9-12-16-23/h9-18,21-22H,7-8,19-20H2,1-6H3. The Balaban J connectivity index is 2.41. The predicted octanol–water partition coefficient (Wildman–Crippen LogP) is 7.99. The largest absolute Gasteiger partial charge is 0.0651 e. The van der Waals surface area contributed by atoms with E-state index >= 15 is 0 Å². The fraction of sp³-hybridized carbons (Fsp3) is 0.538. The summed E-state index contributed by atoms with van der Waals surface area (Å²) in [5, 5.41) is 0. The minimum absolute atomic E-state index is 0.182. The maximum atomic E-state index is 2.53. The lowest BCUT2D eigenvalue weighted by molar-refractivity contribution is 0.0964. The minimum atomic E-state index is 0.182. The third-order valence-electron chi connectivity index (χ3n) is 7.10. The Kier molecular flexibility index (Phi) is 7.09. The van der Waals surface area contributed by atoms with Crippen molar-refractivity contribution < 1.29 is 0 Å². The molecule has 0 amide bonds. The van der Waals surface area contributed by atoms with Gasteiger partial charge in [-0.3, -0.25) is 0 Å². The maximum absolute atomic E-state index is 2.53. The zero-order valence-corrected chi connectivity index (χ0v) is 17.8. The van der Waals surface area contributed by atoms with Gasteiger partial charge in [0.2, 0.25) is 0 Å². The van der Waals surface area contributed by atoms with Crippen LogP contribution in [0.25, 0.3) is 0 Å². The number of benzene rings is 2. The molecule has 0 fully saturated rings. The third-order valence-corrected chi connectivity index (χ3v) is 7.10. The number of hydrogen-bond donors (Lipinski definition) is 0. The molecule has 0 heteroatoms. The Bertz CT molecular complexity index is 644. The first-order valence-electron chi connectivity index (χ1n) is 10.5. The molecule has 4 unspecified atom stereocenters. The van der Waals surface area contributed by atoms with Crippen LogP contribution in [0.5, 0.6) is 0 Å². The summed E-state index contributed by atoms with van der Waals surface area (Å²) in [6, 6.07) is 22.3. The highest BCUT2D eigenvalue weighted by molar-refractivity contribution is 5.29. The molecule has 26 heavy (non-hydrogen) atoms. The Hall–Kier alpha value is -1.56. The van der Waals surface area contributed by atoms with Crippen molar-refractivity contribution in [1.82, 2.24) is 0 Å². The van der Waals surface area contributed by atoms with E-state index in [-0.39, 0.29) is 10.8 Å². The van der Waals surface area contributed by atoms with Crippen molar-refractivity contribution in [2.75, 3.05) is 0 Å². The summed E-state index contributed by atoms with van der Waals surface area (Å²) >= 11 is 0. The normalized spacial score (nSPS) is 18.5. The highest BCUT2D eigenvalue weighted by atomic mass is 14.5. The van der Waals surface area contributed by atoms with Crippen molar-refractivity contribution in [1.29, 1.82) is 0 Å². The molecule has 0 N–H and O–H groups in total. The fourth-order valence-electron chi connectivity index (χ4n) is 4.69. The zero-order chi connectivity index (χ0) is 19.2. The van der Waals surface area contributed by atoms with Crippen molar-refractivity contribution in [3.8, 4) is 0 Å². The van der Waals surface area contributed by atoms with Gasteiger partial charge in [0.05, 0.1) is 0 Å². The SMILES string of the molecule is CCC(C)CC(C)(c1ccccc1)C(C)(CC)CC(C)c1ccccc1. The van der Waals surface area contributed by atoms with Crippen LogP contribution in [0.2, 0.25) is 0 Å². The summed E-state index contributed by atoms with van der Waals surface area (Å²) in [6.07, 6.45) is 4.91. The summed E-state index contributed by atoms with van der Waals surface area (Å²) in [6.45, 7) is 14.6. The van der Waals surface area contributed by atoms with Crippen LogP contribution in [0.4, 0.5) is 0 Å². The van der Waals surface area contributed by atoms with Crippen molar-refractivity contribution in [3.05, 3.63) is 71.8 Å². The highest BCUT2D eigenvalue weighted by Crippen LogP contribution is 2.53. The fourth-order valence-corrected chi connectivity index (χ4v) is 4.69. The van der Waals surface area contributed by atoms with Crippen LogP contribution >= 0.6 is 0 Å². The lowest BCUT2D eigenvalue weighted by atomic mass is 9.54. The van der Waals surface area contributed by atoms with Gasteiger partial charge >= 0.3 is 0 Å². The second-order valence-corrected chi connectivity index (χ2v) is 8.85. The van der Waals surface area contributed by atoms with E-state index in [0.29, 0.717) is 5.92 Å². The van der Waals surface area contributed by atoms with Gasteiger partial charge in [0.25, 0.3) is 0 Å². The molecule has 0 nitrogen and oxygen atoms in total. The monoisotopic (exact) mass is 350 g/mol. The summed E-state index contributed by atoms with van der Waals surface area (Å²) in [4.78, 5) is 0. The molecule has 0 aliphatic carbocycles. The summed E-state index contributed by atoms with van der Waals surface area (Å²) < 4.78 is 0. The first kappa shape index (κ1) is 20.7. The summed E-state index contributed by atoms with van der Waals surface area (Å²) in [7, 11) is 0. The van der Waals surface area contributed by atoms with Crippen LogP contribution in [0.3, 0.4) is 0 Å². The lowest BCUT2D eigenvalue weighted by Gasteiger charge is -2.50. The molecule has 0 heterocycles. The van der Waals surface area contributed by atoms with Crippen LogP contribution in [0.1, 0.15) is 84.3 Å². The molecule has 0 aliphatic heterocycles. The molecule has 0 aromatic heterocycles. The Morgan fingerprint density at radius 3 is 1.81 bits per heavy atom. The van der Waals surface area contributed by atoms with E-state index in [1.54, 1.807) is 0 Å². The van der Waals surface area contributed by atoms with Gasteiger partial charge in [-0.2, -0.15) is 0 Å². The first-order chi connectivity index (χ1) is 12.4.